The molecule has 98 valence electrons. The van der Waals surface area contributed by atoms with Crippen LogP contribution in [0.5, 0.6) is 0 Å². The minimum absolute atomic E-state index is 0.243. The molecule has 0 amide bonds. The molecule has 1 heterocycles. The second-order valence-corrected chi connectivity index (χ2v) is 4.54. The standard InChI is InChI=1S/C14H21N3O/c1-2-11-5-3-6-12(9-11)17-14(15)16-10-13-7-4-8-18-13/h3,5-6,9,13H,2,4,7-8,10H2,1H3,(H3,15,16,17). The normalized spacial score (nSPS) is 20.1. The van der Waals surface area contributed by atoms with Crippen LogP contribution in [0.3, 0.4) is 0 Å². The fourth-order valence-corrected chi connectivity index (χ4v) is 2.04. The predicted octanol–water partition coefficient (Wildman–Crippen LogP) is 2.15. The summed E-state index contributed by atoms with van der Waals surface area (Å²) in [6.45, 7) is 3.63. The minimum Gasteiger partial charge on any atom is -0.376 e. The van der Waals surface area contributed by atoms with Crippen molar-refractivity contribution in [2.45, 2.75) is 32.3 Å². The van der Waals surface area contributed by atoms with Crippen molar-refractivity contribution in [3.63, 3.8) is 0 Å². The van der Waals surface area contributed by atoms with Gasteiger partial charge < -0.3 is 15.8 Å². The summed E-state index contributed by atoms with van der Waals surface area (Å²) in [6.07, 6.45) is 3.48. The van der Waals surface area contributed by atoms with Crippen molar-refractivity contribution in [3.8, 4) is 0 Å². The molecule has 0 saturated carbocycles. The first-order valence-corrected chi connectivity index (χ1v) is 6.55. The molecule has 0 aromatic heterocycles. The van der Waals surface area contributed by atoms with E-state index in [0.29, 0.717) is 12.5 Å². The summed E-state index contributed by atoms with van der Waals surface area (Å²) >= 11 is 0. The van der Waals surface area contributed by atoms with Gasteiger partial charge in [-0.3, -0.25) is 4.99 Å². The van der Waals surface area contributed by atoms with E-state index in [1.807, 2.05) is 12.1 Å². The van der Waals surface area contributed by atoms with Gasteiger partial charge in [-0.2, -0.15) is 0 Å². The summed E-state index contributed by atoms with van der Waals surface area (Å²) in [5.41, 5.74) is 8.13. The van der Waals surface area contributed by atoms with Crippen molar-refractivity contribution >= 4 is 11.6 Å². The molecule has 0 radical (unpaired) electrons. The topological polar surface area (TPSA) is 59.6 Å². The Bertz CT molecular complexity index is 411. The number of hydrogen-bond acceptors (Lipinski definition) is 2. The summed E-state index contributed by atoms with van der Waals surface area (Å²) in [5.74, 6) is 0.457. The van der Waals surface area contributed by atoms with E-state index in [4.69, 9.17) is 10.5 Å². The number of nitrogens with zero attached hydrogens (tertiary/aromatic N) is 1. The number of guanidine groups is 1. The number of benzene rings is 1. The van der Waals surface area contributed by atoms with Gasteiger partial charge in [0.1, 0.15) is 0 Å². The third-order valence-electron chi connectivity index (χ3n) is 3.10. The molecule has 2 rings (SSSR count). The Morgan fingerprint density at radius 1 is 1.56 bits per heavy atom. The average molecular weight is 247 g/mol. The van der Waals surface area contributed by atoms with Crippen LogP contribution >= 0.6 is 0 Å². The summed E-state index contributed by atoms with van der Waals surface area (Å²) in [5, 5.41) is 3.11. The molecule has 1 unspecified atom stereocenters. The first-order chi connectivity index (χ1) is 8.78. The Hall–Kier alpha value is -1.55. The summed E-state index contributed by atoms with van der Waals surface area (Å²) < 4.78 is 5.50. The SMILES string of the molecule is CCc1cccc(NC(N)=NCC2CCCO2)c1. The Balaban J connectivity index is 1.88. The van der Waals surface area contributed by atoms with Gasteiger partial charge in [-0.25, -0.2) is 0 Å². The highest BCUT2D eigenvalue weighted by atomic mass is 16.5. The quantitative estimate of drug-likeness (QED) is 0.633. The third-order valence-corrected chi connectivity index (χ3v) is 3.10. The minimum atomic E-state index is 0.243. The van der Waals surface area contributed by atoms with E-state index in [1.54, 1.807) is 0 Å². The molecule has 1 aliphatic rings. The van der Waals surface area contributed by atoms with Crippen LogP contribution in [-0.2, 0) is 11.2 Å². The number of hydrogen-bond donors (Lipinski definition) is 2. The molecule has 3 N–H and O–H groups in total. The summed E-state index contributed by atoms with van der Waals surface area (Å²) in [6, 6.07) is 8.21. The van der Waals surface area contributed by atoms with Gasteiger partial charge in [0.15, 0.2) is 5.96 Å². The fraction of sp³-hybridized carbons (Fsp3) is 0.500. The Labute approximate surface area is 108 Å². The largest absolute Gasteiger partial charge is 0.376 e. The predicted molar refractivity (Wildman–Crippen MR) is 74.9 cm³/mol. The summed E-state index contributed by atoms with van der Waals surface area (Å²) in [7, 11) is 0. The van der Waals surface area contributed by atoms with Crippen LogP contribution in [0.2, 0.25) is 0 Å². The van der Waals surface area contributed by atoms with Crippen LogP contribution in [0.25, 0.3) is 0 Å². The molecule has 4 nitrogen and oxygen atoms in total. The first kappa shape index (κ1) is 12.9. The van der Waals surface area contributed by atoms with Gasteiger partial charge in [0.2, 0.25) is 0 Å². The third kappa shape index (κ3) is 3.74. The maximum absolute atomic E-state index is 5.86. The highest BCUT2D eigenvalue weighted by Crippen LogP contribution is 2.13. The highest BCUT2D eigenvalue weighted by molar-refractivity contribution is 5.92. The number of aryl methyl sites for hydroxylation is 1. The van der Waals surface area contributed by atoms with Crippen molar-refractivity contribution in [1.82, 2.24) is 0 Å². The molecule has 1 aromatic rings. The zero-order chi connectivity index (χ0) is 12.8. The van der Waals surface area contributed by atoms with Crippen molar-refractivity contribution in [3.05, 3.63) is 29.8 Å². The molecular formula is C14H21N3O. The maximum Gasteiger partial charge on any atom is 0.193 e. The van der Waals surface area contributed by atoms with Crippen molar-refractivity contribution in [2.75, 3.05) is 18.5 Å². The number of rotatable bonds is 4. The lowest BCUT2D eigenvalue weighted by atomic mass is 10.1. The van der Waals surface area contributed by atoms with Crippen LogP contribution in [0.1, 0.15) is 25.3 Å². The first-order valence-electron chi connectivity index (χ1n) is 6.55. The lowest BCUT2D eigenvalue weighted by Gasteiger charge is -2.09. The molecule has 0 bridgehead atoms. The number of ether oxygens (including phenoxy) is 1. The number of aliphatic imine (C=N–C) groups is 1. The number of anilines is 1. The van der Waals surface area contributed by atoms with Gasteiger partial charge >= 0.3 is 0 Å². The molecule has 1 atom stereocenters. The van der Waals surface area contributed by atoms with Crippen molar-refractivity contribution < 1.29 is 4.74 Å². The van der Waals surface area contributed by atoms with E-state index in [-0.39, 0.29) is 6.10 Å². The highest BCUT2D eigenvalue weighted by Gasteiger charge is 2.14. The second-order valence-electron chi connectivity index (χ2n) is 4.54. The zero-order valence-electron chi connectivity index (χ0n) is 10.9. The van der Waals surface area contributed by atoms with E-state index >= 15 is 0 Å². The van der Waals surface area contributed by atoms with Crippen molar-refractivity contribution in [1.29, 1.82) is 0 Å². The molecule has 18 heavy (non-hydrogen) atoms. The molecule has 1 saturated heterocycles. The smallest absolute Gasteiger partial charge is 0.193 e. The lowest BCUT2D eigenvalue weighted by Crippen LogP contribution is -2.24. The van der Waals surface area contributed by atoms with E-state index in [9.17, 15) is 0 Å². The van der Waals surface area contributed by atoms with Crippen LogP contribution in [0.4, 0.5) is 5.69 Å². The van der Waals surface area contributed by atoms with E-state index in [2.05, 4.69) is 29.4 Å². The number of nitrogens with two attached hydrogens (primary N) is 1. The van der Waals surface area contributed by atoms with Crippen LogP contribution in [0, 0.1) is 0 Å². The van der Waals surface area contributed by atoms with Crippen LogP contribution in [0.15, 0.2) is 29.3 Å². The Morgan fingerprint density at radius 2 is 2.44 bits per heavy atom. The average Bonchev–Trinajstić information content (AvgIpc) is 2.90. The Kier molecular flexibility index (Phi) is 4.59. The summed E-state index contributed by atoms with van der Waals surface area (Å²) in [4.78, 5) is 4.32. The Morgan fingerprint density at radius 3 is 3.17 bits per heavy atom. The monoisotopic (exact) mass is 247 g/mol. The molecule has 0 aliphatic carbocycles. The van der Waals surface area contributed by atoms with Crippen molar-refractivity contribution in [2.24, 2.45) is 10.7 Å². The second kappa shape index (κ2) is 6.40. The van der Waals surface area contributed by atoms with Gasteiger partial charge in [0, 0.05) is 12.3 Å². The zero-order valence-corrected chi connectivity index (χ0v) is 10.9. The van der Waals surface area contributed by atoms with Crippen LogP contribution in [-0.4, -0.2) is 25.2 Å². The molecule has 1 aliphatic heterocycles. The van der Waals surface area contributed by atoms with Gasteiger partial charge in [0.05, 0.1) is 12.6 Å². The van der Waals surface area contributed by atoms with E-state index < -0.39 is 0 Å². The number of nitrogens with one attached hydrogen (secondary N) is 1. The van der Waals surface area contributed by atoms with Gasteiger partial charge in [-0.05, 0) is 37.0 Å². The molecule has 0 spiro atoms. The lowest BCUT2D eigenvalue weighted by molar-refractivity contribution is 0.118. The maximum atomic E-state index is 5.86. The molecule has 4 heteroatoms. The van der Waals surface area contributed by atoms with Crippen LogP contribution < -0.4 is 11.1 Å². The van der Waals surface area contributed by atoms with Gasteiger partial charge in [0.25, 0.3) is 0 Å². The molecule has 1 aromatic carbocycles. The molecular weight excluding hydrogens is 226 g/mol. The van der Waals surface area contributed by atoms with Gasteiger partial charge in [-0.1, -0.05) is 19.1 Å². The van der Waals surface area contributed by atoms with E-state index in [1.165, 1.54) is 5.56 Å². The van der Waals surface area contributed by atoms with Gasteiger partial charge in [-0.15, -0.1) is 0 Å². The van der Waals surface area contributed by atoms with E-state index in [0.717, 1.165) is 31.6 Å². The molecule has 1 fully saturated rings. The fourth-order valence-electron chi connectivity index (χ4n) is 2.04.